The van der Waals surface area contributed by atoms with E-state index in [1.54, 1.807) is 11.5 Å². The third-order valence-electron chi connectivity index (χ3n) is 4.32. The van der Waals surface area contributed by atoms with E-state index in [2.05, 4.69) is 15.5 Å². The Balaban J connectivity index is 0.00000385. The van der Waals surface area contributed by atoms with Crippen LogP contribution in [-0.2, 0) is 19.2 Å². The molecule has 1 aromatic heterocycles. The Kier molecular flexibility index (Phi) is 9.81. The normalized spacial score (nSPS) is 20.2. The summed E-state index contributed by atoms with van der Waals surface area (Å²) in [4.78, 5) is 52.6. The van der Waals surface area contributed by atoms with E-state index in [0.29, 0.717) is 4.91 Å². The molecule has 0 saturated carbocycles. The number of β-lactam (4-membered cyclic amide) rings is 1. The Hall–Kier alpha value is -2.04. The molecule has 33 heavy (non-hydrogen) atoms. The Labute approximate surface area is 221 Å². The van der Waals surface area contributed by atoms with Crippen molar-refractivity contribution in [3.8, 4) is 0 Å². The van der Waals surface area contributed by atoms with Crippen molar-refractivity contribution in [3.05, 3.63) is 33.2 Å². The number of amides is 2. The van der Waals surface area contributed by atoms with Crippen molar-refractivity contribution in [1.29, 1.82) is 0 Å². The van der Waals surface area contributed by atoms with Crippen molar-refractivity contribution in [2.24, 2.45) is 5.16 Å². The molecule has 1 unspecified atom stereocenters. The molecule has 1 saturated heterocycles. The molecule has 5 N–H and O–H groups in total. The summed E-state index contributed by atoms with van der Waals surface area (Å²) in [7, 11) is 0. The number of nitrogen functional groups attached to an aromatic ring is 1. The summed E-state index contributed by atoms with van der Waals surface area (Å²) < 4.78 is 0. The van der Waals surface area contributed by atoms with Crippen LogP contribution in [0.3, 0.4) is 0 Å². The number of aliphatic carboxylic acids is 2. The predicted octanol–water partition coefficient (Wildman–Crippen LogP) is -3.62. The molecule has 2 aliphatic rings. The predicted molar refractivity (Wildman–Crippen MR) is 116 cm³/mol. The van der Waals surface area contributed by atoms with Gasteiger partial charge in [-0.2, -0.15) is 0 Å². The molecule has 3 rings (SSSR count). The summed E-state index contributed by atoms with van der Waals surface area (Å²) in [6, 6.07) is -1.03. The molecule has 0 radical (unpaired) electrons. The number of carbonyl (C=O) groups excluding carboxylic acids is 3. The van der Waals surface area contributed by atoms with E-state index in [4.69, 9.17) is 10.8 Å². The zero-order chi connectivity index (χ0) is 23.4. The summed E-state index contributed by atoms with van der Waals surface area (Å²) in [5.41, 5.74) is 4.84. The van der Waals surface area contributed by atoms with Gasteiger partial charge in [0.15, 0.2) is 10.8 Å². The summed E-state index contributed by atoms with van der Waals surface area (Å²) in [5, 5.41) is 37.3. The smallest absolute Gasteiger partial charge is 0.543 e. The van der Waals surface area contributed by atoms with E-state index in [1.165, 1.54) is 17.1 Å². The van der Waals surface area contributed by atoms with Gasteiger partial charge in [0.2, 0.25) is 0 Å². The minimum Gasteiger partial charge on any atom is -0.543 e. The third kappa shape index (κ3) is 6.10. The molecule has 0 spiro atoms. The van der Waals surface area contributed by atoms with Gasteiger partial charge in [-0.25, -0.2) is 4.98 Å². The second-order valence-electron chi connectivity index (χ2n) is 6.36. The van der Waals surface area contributed by atoms with E-state index in [-0.39, 0.29) is 64.7 Å². The van der Waals surface area contributed by atoms with Crippen molar-refractivity contribution in [1.82, 2.24) is 15.2 Å². The molecule has 1 fully saturated rings. The fraction of sp³-hybridized carbons (Fsp3) is 0.294. The van der Waals surface area contributed by atoms with Crippen molar-refractivity contribution >= 4 is 69.5 Å². The minimum atomic E-state index is -1.54. The topological polar surface area (TPSA) is 198 Å². The van der Waals surface area contributed by atoms with Crippen LogP contribution in [-0.4, -0.2) is 66.8 Å². The number of hydrogen-bond donors (Lipinski definition) is 4. The van der Waals surface area contributed by atoms with Gasteiger partial charge in [0.25, 0.3) is 11.8 Å². The zero-order valence-corrected chi connectivity index (χ0v) is 21.5. The van der Waals surface area contributed by atoms with Crippen LogP contribution in [0, 0.1) is 0 Å². The summed E-state index contributed by atoms with van der Waals surface area (Å²) in [6.45, 7) is 0. The van der Waals surface area contributed by atoms with Gasteiger partial charge in [0.05, 0.1) is 11.7 Å². The zero-order valence-electron chi connectivity index (χ0n) is 17.1. The van der Waals surface area contributed by atoms with Crippen LogP contribution in [0.1, 0.15) is 18.5 Å². The molecule has 2 aliphatic heterocycles. The standard InChI is InChI=1S/C17H17N5O7S3.Na/c18-17-19-7(5-32-17)10(21-29)13(25)20-11-14(26)22-12(16(27)28)8(6-31-15(11)22)30-4-2-1-3-9(23)24;/h2,4-5,11,15,29H,1,3,6H2,(H2,18,19)(H,20,25)(H,23,24)(H,27,28);/q;+1/p-1/b4-2-,21-10-;/t11?,15-;/m1./s1. The van der Waals surface area contributed by atoms with Gasteiger partial charge >= 0.3 is 35.5 Å². The molecule has 0 aliphatic carbocycles. The molecule has 170 valence electrons. The fourth-order valence-corrected chi connectivity index (χ4v) is 5.80. The van der Waals surface area contributed by atoms with E-state index in [0.717, 1.165) is 28.0 Å². The summed E-state index contributed by atoms with van der Waals surface area (Å²) in [5.74, 6) is -3.76. The molecule has 0 bridgehead atoms. The number of thiazole rings is 1. The van der Waals surface area contributed by atoms with Crippen molar-refractivity contribution < 1.29 is 64.2 Å². The molecule has 0 aromatic carbocycles. The average Bonchev–Trinajstić information content (AvgIpc) is 3.17. The van der Waals surface area contributed by atoms with Crippen LogP contribution in [0.5, 0.6) is 0 Å². The van der Waals surface area contributed by atoms with Gasteiger partial charge in [0, 0.05) is 22.5 Å². The summed E-state index contributed by atoms with van der Waals surface area (Å²) in [6.07, 6.45) is 1.82. The van der Waals surface area contributed by atoms with E-state index in [9.17, 15) is 29.5 Å². The third-order valence-corrected chi connectivity index (χ3v) is 7.41. The second kappa shape index (κ2) is 11.9. The molecule has 2 atom stereocenters. The minimum absolute atomic E-state index is 0. The molecular formula is C17H16N5NaO7S3. The van der Waals surface area contributed by atoms with Crippen LogP contribution in [0.15, 0.2) is 32.6 Å². The number of thioether (sulfide) groups is 2. The van der Waals surface area contributed by atoms with E-state index < -0.39 is 40.9 Å². The largest absolute Gasteiger partial charge is 1.00 e. The van der Waals surface area contributed by atoms with Crippen molar-refractivity contribution in [3.63, 3.8) is 0 Å². The number of aromatic nitrogens is 1. The number of nitrogens with two attached hydrogens (primary N) is 1. The first kappa shape index (κ1) is 27.2. The number of nitrogens with one attached hydrogen (secondary N) is 1. The van der Waals surface area contributed by atoms with Crippen molar-refractivity contribution in [2.75, 3.05) is 11.5 Å². The van der Waals surface area contributed by atoms with Crippen LogP contribution in [0.4, 0.5) is 5.13 Å². The first-order valence-electron chi connectivity index (χ1n) is 8.91. The van der Waals surface area contributed by atoms with Crippen molar-refractivity contribution in [2.45, 2.75) is 24.3 Å². The number of carboxylic acid groups (broad SMARTS) is 2. The van der Waals surface area contributed by atoms with E-state index in [1.807, 2.05) is 0 Å². The van der Waals surface area contributed by atoms with Crippen LogP contribution in [0.2, 0.25) is 0 Å². The molecular weight excluding hydrogens is 505 g/mol. The Morgan fingerprint density at radius 3 is 2.76 bits per heavy atom. The van der Waals surface area contributed by atoms with Crippen LogP contribution in [0.25, 0.3) is 0 Å². The molecule has 12 nitrogen and oxygen atoms in total. The molecule has 3 heterocycles. The van der Waals surface area contributed by atoms with Gasteiger partial charge < -0.3 is 31.3 Å². The monoisotopic (exact) mass is 521 g/mol. The first-order valence-corrected chi connectivity index (χ1v) is 11.7. The Bertz CT molecular complexity index is 1060. The SMILES string of the molecule is Nc1nc(/C(=N/O)C(=O)NC2C(=O)N3C(C(=O)[O-])=C(S/C=C\CCC(=O)O)CS[C@H]23)cs1.[Na+]. The quantitative estimate of drug-likeness (QED) is 0.0822. The van der Waals surface area contributed by atoms with Gasteiger partial charge in [-0.1, -0.05) is 23.0 Å². The first-order chi connectivity index (χ1) is 15.2. The van der Waals surface area contributed by atoms with Crippen LogP contribution >= 0.6 is 34.9 Å². The van der Waals surface area contributed by atoms with Gasteiger partial charge in [-0.3, -0.25) is 19.3 Å². The number of oxime groups is 1. The Morgan fingerprint density at radius 2 is 2.18 bits per heavy atom. The number of carboxylic acids is 2. The molecule has 2 amide bonds. The number of allylic oxidation sites excluding steroid dienone is 1. The maximum absolute atomic E-state index is 12.6. The van der Waals surface area contributed by atoms with E-state index >= 15 is 0 Å². The van der Waals surface area contributed by atoms with Gasteiger partial charge in [-0.15, -0.1) is 23.1 Å². The van der Waals surface area contributed by atoms with Gasteiger partial charge in [0.1, 0.15) is 17.1 Å². The number of rotatable bonds is 9. The maximum atomic E-state index is 12.6. The number of nitrogens with zero attached hydrogens (tertiary/aromatic N) is 3. The Morgan fingerprint density at radius 1 is 1.45 bits per heavy atom. The average molecular weight is 522 g/mol. The number of fused-ring (bicyclic) bond motifs is 1. The molecule has 16 heteroatoms. The number of anilines is 1. The van der Waals surface area contributed by atoms with Gasteiger partial charge in [-0.05, 0) is 11.8 Å². The summed E-state index contributed by atoms with van der Waals surface area (Å²) >= 11 is 3.34. The maximum Gasteiger partial charge on any atom is 1.00 e. The van der Waals surface area contributed by atoms with Crippen LogP contribution < -0.4 is 45.7 Å². The number of hydrogen-bond acceptors (Lipinski definition) is 12. The second-order valence-corrected chi connectivity index (χ2v) is 9.36. The number of carbonyl (C=O) groups is 4. The fourth-order valence-electron chi connectivity index (χ4n) is 2.90. The molecule has 1 aromatic rings.